The Labute approximate surface area is 117 Å². The van der Waals surface area contributed by atoms with Gasteiger partial charge in [0, 0.05) is 25.8 Å². The van der Waals surface area contributed by atoms with E-state index in [1.54, 1.807) is 4.68 Å². The van der Waals surface area contributed by atoms with Gasteiger partial charge in [-0.25, -0.2) is 9.67 Å². The molecule has 0 unspecified atom stereocenters. The van der Waals surface area contributed by atoms with Gasteiger partial charge < -0.3 is 5.32 Å². The van der Waals surface area contributed by atoms with E-state index in [9.17, 15) is 0 Å². The first-order chi connectivity index (χ1) is 9.06. The van der Waals surface area contributed by atoms with E-state index in [0.717, 1.165) is 22.3 Å². The smallest absolute Gasteiger partial charge is 0.215 e. The maximum atomic E-state index is 4.49. The molecule has 6 nitrogen and oxygen atoms in total. The molecule has 0 fully saturated rings. The second kappa shape index (κ2) is 6.12. The number of nitrogens with zero attached hydrogens (tertiary/aromatic N) is 5. The molecule has 0 bridgehead atoms. The molecule has 0 saturated carbocycles. The first kappa shape index (κ1) is 14.0. The molecular formula is C12H18N6S. The standard InChI is InChI=1S/C12H18N6S/c1-8(2)13-6-10-5-9(3)11(14-7-10)19-12-15-16-17-18(12)4/h5,7-8,13H,6H2,1-4H3. The van der Waals surface area contributed by atoms with Crippen LogP contribution in [0.3, 0.4) is 0 Å². The van der Waals surface area contributed by atoms with Gasteiger partial charge in [0.25, 0.3) is 0 Å². The summed E-state index contributed by atoms with van der Waals surface area (Å²) in [4.78, 5) is 4.49. The molecule has 0 saturated heterocycles. The summed E-state index contributed by atoms with van der Waals surface area (Å²) in [6.07, 6.45) is 1.90. The molecule has 7 heteroatoms. The van der Waals surface area contributed by atoms with Crippen molar-refractivity contribution in [3.63, 3.8) is 0 Å². The molecule has 0 spiro atoms. The first-order valence-corrected chi connectivity index (χ1v) is 6.97. The number of pyridine rings is 1. The average molecular weight is 278 g/mol. The lowest BCUT2D eigenvalue weighted by molar-refractivity contribution is 0.587. The van der Waals surface area contributed by atoms with Crippen molar-refractivity contribution in [1.29, 1.82) is 0 Å². The predicted octanol–water partition coefficient (Wildman–Crippen LogP) is 1.56. The van der Waals surface area contributed by atoms with Crippen molar-refractivity contribution in [3.05, 3.63) is 23.4 Å². The van der Waals surface area contributed by atoms with E-state index < -0.39 is 0 Å². The summed E-state index contributed by atoms with van der Waals surface area (Å²) in [6, 6.07) is 2.62. The van der Waals surface area contributed by atoms with Crippen LogP contribution in [0.4, 0.5) is 0 Å². The monoisotopic (exact) mass is 278 g/mol. The van der Waals surface area contributed by atoms with Crippen LogP contribution in [0.25, 0.3) is 0 Å². The topological polar surface area (TPSA) is 68.5 Å². The molecule has 1 N–H and O–H groups in total. The highest BCUT2D eigenvalue weighted by Crippen LogP contribution is 2.26. The fraction of sp³-hybridized carbons (Fsp3) is 0.500. The van der Waals surface area contributed by atoms with E-state index >= 15 is 0 Å². The number of rotatable bonds is 5. The van der Waals surface area contributed by atoms with Crippen molar-refractivity contribution in [2.24, 2.45) is 7.05 Å². The second-order valence-corrected chi connectivity index (χ2v) is 5.64. The van der Waals surface area contributed by atoms with Crippen LogP contribution in [0.1, 0.15) is 25.0 Å². The Morgan fingerprint density at radius 3 is 2.79 bits per heavy atom. The summed E-state index contributed by atoms with van der Waals surface area (Å²) < 4.78 is 1.64. The van der Waals surface area contributed by atoms with Gasteiger partial charge in [0.05, 0.1) is 0 Å². The van der Waals surface area contributed by atoms with Gasteiger partial charge in [-0.3, -0.25) is 0 Å². The molecule has 102 valence electrons. The predicted molar refractivity (Wildman–Crippen MR) is 73.9 cm³/mol. The highest BCUT2D eigenvalue weighted by molar-refractivity contribution is 7.99. The van der Waals surface area contributed by atoms with E-state index in [2.05, 4.69) is 52.7 Å². The summed E-state index contributed by atoms with van der Waals surface area (Å²) in [7, 11) is 1.82. The Hall–Kier alpha value is -1.47. The molecule has 0 atom stereocenters. The van der Waals surface area contributed by atoms with E-state index in [1.807, 2.05) is 13.2 Å². The number of hydrogen-bond donors (Lipinski definition) is 1. The van der Waals surface area contributed by atoms with Gasteiger partial charge in [-0.15, -0.1) is 5.10 Å². The lowest BCUT2D eigenvalue weighted by atomic mass is 10.2. The van der Waals surface area contributed by atoms with Gasteiger partial charge in [0.1, 0.15) is 5.03 Å². The molecular weight excluding hydrogens is 260 g/mol. The maximum absolute atomic E-state index is 4.49. The largest absolute Gasteiger partial charge is 0.310 e. The lowest BCUT2D eigenvalue weighted by Gasteiger charge is -2.09. The minimum atomic E-state index is 0.471. The highest BCUT2D eigenvalue weighted by Gasteiger charge is 2.09. The molecule has 2 aromatic heterocycles. The van der Waals surface area contributed by atoms with Crippen LogP contribution in [0.2, 0.25) is 0 Å². The van der Waals surface area contributed by atoms with Gasteiger partial charge >= 0.3 is 0 Å². The minimum absolute atomic E-state index is 0.471. The van der Waals surface area contributed by atoms with Gasteiger partial charge in [0.15, 0.2) is 0 Å². The zero-order chi connectivity index (χ0) is 13.8. The maximum Gasteiger partial charge on any atom is 0.215 e. The summed E-state index contributed by atoms with van der Waals surface area (Å²) in [5.74, 6) is 0. The molecule has 2 rings (SSSR count). The van der Waals surface area contributed by atoms with Crippen LogP contribution in [0.5, 0.6) is 0 Å². The van der Waals surface area contributed by atoms with Crippen molar-refractivity contribution in [2.45, 2.75) is 43.5 Å². The number of hydrogen-bond acceptors (Lipinski definition) is 6. The molecule has 0 aliphatic carbocycles. The van der Waals surface area contributed by atoms with Crippen molar-refractivity contribution in [2.75, 3.05) is 0 Å². The first-order valence-electron chi connectivity index (χ1n) is 6.15. The van der Waals surface area contributed by atoms with E-state index in [0.29, 0.717) is 6.04 Å². The average Bonchev–Trinajstić information content (AvgIpc) is 2.75. The Kier molecular flexibility index (Phi) is 4.49. The van der Waals surface area contributed by atoms with Gasteiger partial charge in [0.2, 0.25) is 5.16 Å². The van der Waals surface area contributed by atoms with Gasteiger partial charge in [-0.1, -0.05) is 19.9 Å². The quantitative estimate of drug-likeness (QED) is 0.895. The summed E-state index contributed by atoms with van der Waals surface area (Å²) in [5.41, 5.74) is 2.32. The van der Waals surface area contributed by atoms with Crippen LogP contribution in [0.15, 0.2) is 22.4 Å². The van der Waals surface area contributed by atoms with Gasteiger partial charge in [-0.2, -0.15) is 0 Å². The van der Waals surface area contributed by atoms with Crippen LogP contribution in [0, 0.1) is 6.92 Å². The Morgan fingerprint density at radius 1 is 1.42 bits per heavy atom. The van der Waals surface area contributed by atoms with Crippen molar-refractivity contribution in [1.82, 2.24) is 30.5 Å². The third kappa shape index (κ3) is 3.74. The minimum Gasteiger partial charge on any atom is -0.310 e. The number of aryl methyl sites for hydroxylation is 2. The van der Waals surface area contributed by atoms with Crippen LogP contribution < -0.4 is 5.32 Å². The Balaban J connectivity index is 2.09. The fourth-order valence-corrected chi connectivity index (χ4v) is 2.28. The third-order valence-electron chi connectivity index (χ3n) is 2.57. The summed E-state index contributed by atoms with van der Waals surface area (Å²) in [6.45, 7) is 7.15. The molecule has 0 aromatic carbocycles. The lowest BCUT2D eigenvalue weighted by Crippen LogP contribution is -2.21. The number of aromatic nitrogens is 5. The van der Waals surface area contributed by atoms with Crippen molar-refractivity contribution >= 4 is 11.8 Å². The molecule has 0 aliphatic rings. The molecule has 0 aliphatic heterocycles. The Bertz CT molecular complexity index is 551. The van der Waals surface area contributed by atoms with Crippen LogP contribution in [-0.4, -0.2) is 31.2 Å². The Morgan fingerprint density at radius 2 is 2.21 bits per heavy atom. The summed E-state index contributed by atoms with van der Waals surface area (Å²) >= 11 is 1.48. The van der Waals surface area contributed by atoms with Crippen LogP contribution >= 0.6 is 11.8 Å². The second-order valence-electron chi connectivity index (χ2n) is 4.69. The van der Waals surface area contributed by atoms with Crippen molar-refractivity contribution < 1.29 is 0 Å². The third-order valence-corrected chi connectivity index (χ3v) is 3.72. The molecule has 2 heterocycles. The van der Waals surface area contributed by atoms with E-state index in [-0.39, 0.29) is 0 Å². The van der Waals surface area contributed by atoms with Gasteiger partial charge in [-0.05, 0) is 40.2 Å². The fourth-order valence-electron chi connectivity index (χ4n) is 1.54. The normalized spacial score (nSPS) is 11.2. The molecule has 0 amide bonds. The zero-order valence-electron chi connectivity index (χ0n) is 11.6. The number of tetrazole rings is 1. The SMILES string of the molecule is Cc1cc(CNC(C)C)cnc1Sc1nnnn1C. The van der Waals surface area contributed by atoms with E-state index in [4.69, 9.17) is 0 Å². The number of nitrogens with one attached hydrogen (secondary N) is 1. The van der Waals surface area contributed by atoms with Crippen LogP contribution in [-0.2, 0) is 13.6 Å². The summed E-state index contributed by atoms with van der Waals surface area (Å²) in [5, 5.41) is 16.4. The molecule has 2 aromatic rings. The molecule has 0 radical (unpaired) electrons. The van der Waals surface area contributed by atoms with E-state index in [1.165, 1.54) is 17.3 Å². The molecule has 19 heavy (non-hydrogen) atoms. The van der Waals surface area contributed by atoms with Crippen molar-refractivity contribution in [3.8, 4) is 0 Å². The highest BCUT2D eigenvalue weighted by atomic mass is 32.2. The zero-order valence-corrected chi connectivity index (χ0v) is 12.4.